The number of carbonyl (C=O) groups is 1. The Morgan fingerprint density at radius 2 is 1.96 bits per heavy atom. The van der Waals surface area contributed by atoms with Crippen molar-refractivity contribution in [1.82, 2.24) is 5.32 Å². The number of rotatable bonds is 12. The van der Waals surface area contributed by atoms with Crippen molar-refractivity contribution in [3.8, 4) is 5.75 Å². The Bertz CT molecular complexity index is 449. The first-order valence-electron chi connectivity index (χ1n) is 8.91. The van der Waals surface area contributed by atoms with Crippen molar-refractivity contribution in [1.29, 1.82) is 0 Å². The second-order valence-corrected chi connectivity index (χ2v) is 6.02. The molecule has 4 heteroatoms. The largest absolute Gasteiger partial charge is 0.494 e. The van der Waals surface area contributed by atoms with Crippen LogP contribution in [0.4, 0.5) is 5.69 Å². The third-order valence-electron chi connectivity index (χ3n) is 3.82. The van der Waals surface area contributed by atoms with Gasteiger partial charge in [-0.1, -0.05) is 45.6 Å². The minimum absolute atomic E-state index is 0.0154. The lowest BCUT2D eigenvalue weighted by Crippen LogP contribution is -2.36. The van der Waals surface area contributed by atoms with Gasteiger partial charge < -0.3 is 15.4 Å². The minimum Gasteiger partial charge on any atom is -0.494 e. The van der Waals surface area contributed by atoms with E-state index in [0.29, 0.717) is 0 Å². The summed E-state index contributed by atoms with van der Waals surface area (Å²) >= 11 is 0. The zero-order valence-electron chi connectivity index (χ0n) is 14.9. The summed E-state index contributed by atoms with van der Waals surface area (Å²) in [7, 11) is 0. The van der Waals surface area contributed by atoms with Crippen LogP contribution in [-0.2, 0) is 4.79 Å². The van der Waals surface area contributed by atoms with E-state index in [9.17, 15) is 4.79 Å². The highest BCUT2D eigenvalue weighted by atomic mass is 16.5. The molecule has 0 spiro atoms. The van der Waals surface area contributed by atoms with Crippen molar-refractivity contribution < 1.29 is 9.53 Å². The third-order valence-corrected chi connectivity index (χ3v) is 3.82. The van der Waals surface area contributed by atoms with Crippen LogP contribution < -0.4 is 15.4 Å². The Balaban J connectivity index is 2.28. The van der Waals surface area contributed by atoms with Crippen molar-refractivity contribution in [2.45, 2.75) is 65.3 Å². The van der Waals surface area contributed by atoms with Gasteiger partial charge in [0.15, 0.2) is 0 Å². The molecule has 2 N–H and O–H groups in total. The Labute approximate surface area is 141 Å². The second kappa shape index (κ2) is 11.8. The van der Waals surface area contributed by atoms with E-state index in [1.54, 1.807) is 0 Å². The summed E-state index contributed by atoms with van der Waals surface area (Å²) in [5, 5.41) is 6.08. The molecule has 0 aliphatic carbocycles. The van der Waals surface area contributed by atoms with Crippen molar-refractivity contribution in [3.05, 3.63) is 24.3 Å². The van der Waals surface area contributed by atoms with Crippen molar-refractivity contribution in [2.24, 2.45) is 0 Å². The molecule has 1 atom stereocenters. The average Bonchev–Trinajstić information content (AvgIpc) is 2.56. The van der Waals surface area contributed by atoms with Gasteiger partial charge in [-0.3, -0.25) is 4.79 Å². The molecule has 0 saturated carbocycles. The van der Waals surface area contributed by atoms with Gasteiger partial charge in [0, 0.05) is 17.8 Å². The molecule has 0 heterocycles. The Morgan fingerprint density at radius 1 is 1.17 bits per heavy atom. The van der Waals surface area contributed by atoms with Crippen LogP contribution in [0, 0.1) is 0 Å². The van der Waals surface area contributed by atoms with Crippen molar-refractivity contribution in [2.75, 3.05) is 18.5 Å². The first kappa shape index (κ1) is 19.3. The number of amides is 1. The second-order valence-electron chi connectivity index (χ2n) is 6.02. The number of hydrogen-bond acceptors (Lipinski definition) is 3. The summed E-state index contributed by atoms with van der Waals surface area (Å²) in [6.45, 7) is 7.32. The summed E-state index contributed by atoms with van der Waals surface area (Å²) < 4.78 is 5.78. The molecule has 1 amide bonds. The van der Waals surface area contributed by atoms with E-state index >= 15 is 0 Å². The number of carbonyl (C=O) groups excluding carboxylic acids is 1. The summed E-state index contributed by atoms with van der Waals surface area (Å²) in [5.74, 6) is 0.870. The smallest absolute Gasteiger partial charge is 0.239 e. The first-order chi connectivity index (χ1) is 11.2. The minimum atomic E-state index is 0.0154. The zero-order chi connectivity index (χ0) is 16.9. The van der Waals surface area contributed by atoms with Crippen LogP contribution in [0.15, 0.2) is 24.3 Å². The quantitative estimate of drug-likeness (QED) is 0.563. The maximum Gasteiger partial charge on any atom is 0.239 e. The maximum absolute atomic E-state index is 11.8. The van der Waals surface area contributed by atoms with Crippen molar-refractivity contribution in [3.63, 3.8) is 0 Å². The molecule has 0 radical (unpaired) electrons. The number of benzene rings is 1. The lowest BCUT2D eigenvalue weighted by atomic mass is 10.2. The van der Waals surface area contributed by atoms with Gasteiger partial charge in [0.25, 0.3) is 0 Å². The van der Waals surface area contributed by atoms with Gasteiger partial charge in [-0.2, -0.15) is 0 Å². The van der Waals surface area contributed by atoms with Crippen LogP contribution in [0.3, 0.4) is 0 Å². The molecule has 0 aliphatic heterocycles. The molecule has 1 aromatic carbocycles. The predicted molar refractivity (Wildman–Crippen MR) is 97.1 cm³/mol. The fourth-order valence-electron chi connectivity index (χ4n) is 2.20. The highest BCUT2D eigenvalue weighted by Gasteiger charge is 2.05. The molecule has 23 heavy (non-hydrogen) atoms. The molecule has 4 nitrogen and oxygen atoms in total. The van der Waals surface area contributed by atoms with E-state index in [0.717, 1.165) is 30.9 Å². The van der Waals surface area contributed by atoms with Gasteiger partial charge >= 0.3 is 0 Å². The number of ether oxygens (including phenoxy) is 1. The van der Waals surface area contributed by atoms with E-state index < -0.39 is 0 Å². The fraction of sp³-hybridized carbons (Fsp3) is 0.632. The van der Waals surface area contributed by atoms with Crippen LogP contribution in [0.2, 0.25) is 0 Å². The lowest BCUT2D eigenvalue weighted by Gasteiger charge is -2.13. The molecule has 0 aromatic heterocycles. The van der Waals surface area contributed by atoms with Crippen LogP contribution in [0.25, 0.3) is 0 Å². The molecular formula is C19H32N2O2. The topological polar surface area (TPSA) is 50.4 Å². The van der Waals surface area contributed by atoms with Gasteiger partial charge in [0.2, 0.25) is 5.91 Å². The van der Waals surface area contributed by atoms with Gasteiger partial charge in [-0.05, 0) is 31.9 Å². The van der Waals surface area contributed by atoms with Gasteiger partial charge in [-0.25, -0.2) is 0 Å². The molecular weight excluding hydrogens is 288 g/mol. The van der Waals surface area contributed by atoms with Crippen LogP contribution in [0.1, 0.15) is 59.3 Å². The molecule has 0 bridgehead atoms. The molecule has 0 saturated heterocycles. The summed E-state index contributed by atoms with van der Waals surface area (Å²) in [6, 6.07) is 8.01. The van der Waals surface area contributed by atoms with Crippen LogP contribution in [-0.4, -0.2) is 25.1 Å². The molecule has 1 unspecified atom stereocenters. The Kier molecular flexibility index (Phi) is 9.92. The van der Waals surface area contributed by atoms with E-state index in [1.807, 2.05) is 31.2 Å². The normalized spacial score (nSPS) is 11.8. The van der Waals surface area contributed by atoms with E-state index in [2.05, 4.69) is 24.5 Å². The van der Waals surface area contributed by atoms with E-state index in [-0.39, 0.29) is 18.5 Å². The number of unbranched alkanes of at least 4 members (excludes halogenated alkanes) is 4. The average molecular weight is 320 g/mol. The molecule has 0 aliphatic rings. The monoisotopic (exact) mass is 320 g/mol. The maximum atomic E-state index is 11.8. The first-order valence-corrected chi connectivity index (χ1v) is 8.91. The number of nitrogens with one attached hydrogen (secondary N) is 2. The molecule has 1 aromatic rings. The molecule has 130 valence electrons. The van der Waals surface area contributed by atoms with Crippen LogP contribution >= 0.6 is 0 Å². The van der Waals surface area contributed by atoms with E-state index in [4.69, 9.17) is 4.74 Å². The predicted octanol–water partition coefficient (Wildman–Crippen LogP) is 4.36. The van der Waals surface area contributed by atoms with Crippen molar-refractivity contribution >= 4 is 11.6 Å². The summed E-state index contributed by atoms with van der Waals surface area (Å²) in [6.07, 6.45) is 7.11. The lowest BCUT2D eigenvalue weighted by molar-refractivity contribution is -0.120. The number of anilines is 1. The Morgan fingerprint density at radius 3 is 2.70 bits per heavy atom. The Hall–Kier alpha value is -1.71. The highest BCUT2D eigenvalue weighted by molar-refractivity contribution is 5.81. The highest BCUT2D eigenvalue weighted by Crippen LogP contribution is 2.17. The van der Waals surface area contributed by atoms with E-state index in [1.165, 1.54) is 25.7 Å². The fourth-order valence-corrected chi connectivity index (χ4v) is 2.20. The summed E-state index contributed by atoms with van der Waals surface area (Å²) in [5.41, 5.74) is 0.910. The third kappa shape index (κ3) is 9.11. The standard InChI is InChI=1S/C19H32N2O2/c1-4-6-7-8-9-13-23-18-12-10-11-17(14-18)20-15-19(22)21-16(3)5-2/h10-12,14,16,20H,4-9,13,15H2,1-3H3,(H,21,22). The summed E-state index contributed by atoms with van der Waals surface area (Å²) in [4.78, 5) is 11.8. The SMILES string of the molecule is CCCCCCCOc1cccc(NCC(=O)NC(C)CC)c1. The van der Waals surface area contributed by atoms with Gasteiger partial charge in [0.05, 0.1) is 13.2 Å². The number of hydrogen-bond donors (Lipinski definition) is 2. The molecule has 0 fully saturated rings. The zero-order valence-corrected chi connectivity index (χ0v) is 14.9. The van der Waals surface area contributed by atoms with Crippen LogP contribution in [0.5, 0.6) is 5.75 Å². The van der Waals surface area contributed by atoms with Gasteiger partial charge in [-0.15, -0.1) is 0 Å². The van der Waals surface area contributed by atoms with Gasteiger partial charge in [0.1, 0.15) is 5.75 Å². The molecule has 1 rings (SSSR count).